The average molecular weight is 384 g/mol. The molecular weight excluding hydrogens is 356 g/mol. The number of rotatable bonds is 8. The molecule has 0 unspecified atom stereocenters. The topological polar surface area (TPSA) is 79.6 Å². The number of hydrogen-bond donors (Lipinski definition) is 1. The van der Waals surface area contributed by atoms with Crippen LogP contribution in [0.2, 0.25) is 0 Å². The maximum atomic E-state index is 12.9. The van der Waals surface area contributed by atoms with Gasteiger partial charge in [-0.3, -0.25) is 14.5 Å². The van der Waals surface area contributed by atoms with Crippen molar-refractivity contribution in [3.8, 4) is 0 Å². The zero-order valence-corrected chi connectivity index (χ0v) is 16.6. The summed E-state index contributed by atoms with van der Waals surface area (Å²) < 4.78 is 5.23. The van der Waals surface area contributed by atoms with Crippen LogP contribution in [0.25, 0.3) is 11.0 Å². The molecule has 0 saturated carbocycles. The van der Waals surface area contributed by atoms with E-state index in [4.69, 9.17) is 4.42 Å². The summed E-state index contributed by atoms with van der Waals surface area (Å²) in [5.41, 5.74) is 0.329. The highest BCUT2D eigenvalue weighted by Crippen LogP contribution is 2.32. The summed E-state index contributed by atoms with van der Waals surface area (Å²) in [5.74, 6) is -0.308. The van der Waals surface area contributed by atoms with Crippen LogP contribution in [0.3, 0.4) is 0 Å². The summed E-state index contributed by atoms with van der Waals surface area (Å²) in [4.78, 5) is 38.9. The quantitative estimate of drug-likeness (QED) is 0.555. The number of nitrogens with zero attached hydrogens (tertiary/aromatic N) is 1. The van der Waals surface area contributed by atoms with Crippen molar-refractivity contribution in [3.05, 3.63) is 40.8 Å². The average Bonchev–Trinajstić information content (AvgIpc) is 3.06. The van der Waals surface area contributed by atoms with Gasteiger partial charge >= 0.3 is 5.63 Å². The van der Waals surface area contributed by atoms with Crippen molar-refractivity contribution < 1.29 is 14.0 Å². The number of para-hydroxylation sites is 1. The molecule has 2 heterocycles. The van der Waals surface area contributed by atoms with E-state index in [0.29, 0.717) is 23.1 Å². The van der Waals surface area contributed by atoms with Gasteiger partial charge in [0.2, 0.25) is 11.8 Å². The van der Waals surface area contributed by atoms with E-state index in [0.717, 1.165) is 19.3 Å². The zero-order chi connectivity index (χ0) is 20.1. The molecular formula is C22H28N2O4. The third-order valence-electron chi connectivity index (χ3n) is 5.28. The summed E-state index contributed by atoms with van der Waals surface area (Å²) in [5, 5.41) is 3.70. The van der Waals surface area contributed by atoms with Gasteiger partial charge in [0.25, 0.3) is 0 Å². The van der Waals surface area contributed by atoms with Crippen LogP contribution in [0.5, 0.6) is 0 Å². The third-order valence-corrected chi connectivity index (χ3v) is 5.28. The van der Waals surface area contributed by atoms with Crippen LogP contribution in [0.15, 0.2) is 39.5 Å². The van der Waals surface area contributed by atoms with Crippen LogP contribution >= 0.6 is 0 Å². The molecule has 1 fully saturated rings. The van der Waals surface area contributed by atoms with E-state index in [1.807, 2.05) is 13.0 Å². The molecule has 0 aliphatic carbocycles. The van der Waals surface area contributed by atoms with Gasteiger partial charge in [0.05, 0.1) is 5.69 Å². The number of carbonyl (C=O) groups is 2. The molecule has 150 valence electrons. The Morgan fingerprint density at radius 1 is 1.25 bits per heavy atom. The Balaban J connectivity index is 1.79. The largest absolute Gasteiger partial charge is 0.423 e. The van der Waals surface area contributed by atoms with Crippen molar-refractivity contribution >= 4 is 28.5 Å². The Hall–Kier alpha value is -2.63. The van der Waals surface area contributed by atoms with Crippen LogP contribution in [0.4, 0.5) is 5.69 Å². The second kappa shape index (κ2) is 9.04. The predicted octanol–water partition coefficient (Wildman–Crippen LogP) is 3.76. The van der Waals surface area contributed by atoms with Gasteiger partial charge < -0.3 is 9.73 Å². The molecule has 2 aromatic rings. The van der Waals surface area contributed by atoms with E-state index in [1.165, 1.54) is 23.8 Å². The first-order chi connectivity index (χ1) is 13.5. The molecule has 1 saturated heterocycles. The SMILES string of the molecule is CCCCCC[C@H](C)NC(=O)[C@@H]1CCC(=O)N1c1cc(=O)oc2ccccc12. The van der Waals surface area contributed by atoms with Gasteiger partial charge in [-0.05, 0) is 31.9 Å². The Bertz CT molecular complexity index is 905. The second-order valence-electron chi connectivity index (χ2n) is 7.52. The van der Waals surface area contributed by atoms with Gasteiger partial charge in [0.1, 0.15) is 11.6 Å². The van der Waals surface area contributed by atoms with Crippen LogP contribution in [0.1, 0.15) is 58.8 Å². The van der Waals surface area contributed by atoms with Crippen molar-refractivity contribution in [2.75, 3.05) is 4.90 Å². The van der Waals surface area contributed by atoms with Crippen LogP contribution in [-0.2, 0) is 9.59 Å². The van der Waals surface area contributed by atoms with Crippen LogP contribution < -0.4 is 15.8 Å². The van der Waals surface area contributed by atoms with Crippen molar-refractivity contribution in [1.29, 1.82) is 0 Å². The van der Waals surface area contributed by atoms with Crippen LogP contribution in [0, 0.1) is 0 Å². The molecule has 1 aromatic heterocycles. The van der Waals surface area contributed by atoms with Gasteiger partial charge in [-0.2, -0.15) is 0 Å². The summed E-state index contributed by atoms with van der Waals surface area (Å²) in [6.07, 6.45) is 6.28. The summed E-state index contributed by atoms with van der Waals surface area (Å²) >= 11 is 0. The molecule has 0 radical (unpaired) electrons. The maximum absolute atomic E-state index is 12.9. The van der Waals surface area contributed by atoms with Crippen molar-refractivity contribution in [2.45, 2.75) is 70.9 Å². The number of nitrogens with one attached hydrogen (secondary N) is 1. The molecule has 6 heteroatoms. The van der Waals surface area contributed by atoms with E-state index < -0.39 is 11.7 Å². The van der Waals surface area contributed by atoms with Gasteiger partial charge in [-0.15, -0.1) is 0 Å². The van der Waals surface area contributed by atoms with Crippen molar-refractivity contribution in [1.82, 2.24) is 5.32 Å². The smallest absolute Gasteiger partial charge is 0.338 e. The first-order valence-corrected chi connectivity index (χ1v) is 10.2. The third kappa shape index (κ3) is 4.43. The second-order valence-corrected chi connectivity index (χ2v) is 7.52. The molecule has 2 atom stereocenters. The number of benzene rings is 1. The summed E-state index contributed by atoms with van der Waals surface area (Å²) in [6, 6.07) is 7.83. The zero-order valence-electron chi connectivity index (χ0n) is 16.6. The molecule has 1 aliphatic heterocycles. The fourth-order valence-electron chi connectivity index (χ4n) is 3.82. The lowest BCUT2D eigenvalue weighted by atomic mass is 10.1. The lowest BCUT2D eigenvalue weighted by Gasteiger charge is -2.26. The number of hydrogen-bond acceptors (Lipinski definition) is 4. The van der Waals surface area contributed by atoms with Gasteiger partial charge in [0.15, 0.2) is 0 Å². The van der Waals surface area contributed by atoms with E-state index in [2.05, 4.69) is 12.2 Å². The minimum Gasteiger partial charge on any atom is -0.423 e. The number of anilines is 1. The first kappa shape index (κ1) is 20.1. The standard InChI is InChI=1S/C22H28N2O4/c1-3-4-5-6-9-15(2)23-22(27)17-12-13-20(25)24(17)18-14-21(26)28-19-11-8-7-10-16(18)19/h7-8,10-11,14-15,17H,3-6,9,12-13H2,1-2H3,(H,23,27)/t15-,17-/m0/s1. The highest BCUT2D eigenvalue weighted by Gasteiger charge is 2.38. The highest BCUT2D eigenvalue weighted by atomic mass is 16.4. The molecule has 3 rings (SSSR count). The van der Waals surface area contributed by atoms with E-state index >= 15 is 0 Å². The van der Waals surface area contributed by atoms with Gasteiger partial charge in [-0.1, -0.05) is 44.7 Å². The molecule has 1 aliphatic rings. The molecule has 28 heavy (non-hydrogen) atoms. The fraction of sp³-hybridized carbons (Fsp3) is 0.500. The van der Waals surface area contributed by atoms with Crippen molar-refractivity contribution in [3.63, 3.8) is 0 Å². The Morgan fingerprint density at radius 3 is 2.82 bits per heavy atom. The molecule has 6 nitrogen and oxygen atoms in total. The summed E-state index contributed by atoms with van der Waals surface area (Å²) in [6.45, 7) is 4.17. The van der Waals surface area contributed by atoms with Crippen LogP contribution in [-0.4, -0.2) is 23.9 Å². The maximum Gasteiger partial charge on any atom is 0.338 e. The van der Waals surface area contributed by atoms with E-state index in [1.54, 1.807) is 18.2 Å². The van der Waals surface area contributed by atoms with E-state index in [9.17, 15) is 14.4 Å². The number of unbranched alkanes of at least 4 members (excludes halogenated alkanes) is 3. The Labute approximate surface area is 164 Å². The Kier molecular flexibility index (Phi) is 6.49. The van der Waals surface area contributed by atoms with E-state index in [-0.39, 0.29) is 24.3 Å². The molecule has 0 bridgehead atoms. The molecule has 0 spiro atoms. The first-order valence-electron chi connectivity index (χ1n) is 10.2. The minimum absolute atomic E-state index is 0.0551. The molecule has 2 amide bonds. The molecule has 1 N–H and O–H groups in total. The highest BCUT2D eigenvalue weighted by molar-refractivity contribution is 6.08. The number of carbonyl (C=O) groups excluding carboxylic acids is 2. The van der Waals surface area contributed by atoms with Gasteiger partial charge in [-0.25, -0.2) is 4.79 Å². The monoisotopic (exact) mass is 384 g/mol. The predicted molar refractivity (Wildman–Crippen MR) is 109 cm³/mol. The number of fused-ring (bicyclic) bond motifs is 1. The van der Waals surface area contributed by atoms with Gasteiger partial charge in [0, 0.05) is 23.9 Å². The van der Waals surface area contributed by atoms with Crippen molar-refractivity contribution in [2.24, 2.45) is 0 Å². The lowest BCUT2D eigenvalue weighted by molar-refractivity contribution is -0.124. The number of amides is 2. The fourth-order valence-corrected chi connectivity index (χ4v) is 3.82. The summed E-state index contributed by atoms with van der Waals surface area (Å²) in [7, 11) is 0. The normalized spacial score (nSPS) is 17.9. The minimum atomic E-state index is -0.601. The Morgan fingerprint density at radius 2 is 2.04 bits per heavy atom. The lowest BCUT2D eigenvalue weighted by Crippen LogP contribution is -2.47. The molecule has 1 aromatic carbocycles.